The number of nitrogens with zero attached hydrogens (tertiary/aromatic N) is 1. The second-order valence-electron chi connectivity index (χ2n) is 4.27. The number of benzene rings is 2. The van der Waals surface area contributed by atoms with E-state index >= 15 is 0 Å². The molecule has 90 valence electrons. The monoisotopic (exact) mass is 230 g/mol. The molecule has 17 heavy (non-hydrogen) atoms. The molecule has 3 nitrogen and oxygen atoms in total. The van der Waals surface area contributed by atoms with E-state index in [1.165, 1.54) is 10.8 Å². The van der Waals surface area contributed by atoms with Crippen molar-refractivity contribution < 1.29 is 4.74 Å². The van der Waals surface area contributed by atoms with E-state index in [0.29, 0.717) is 6.54 Å². The minimum absolute atomic E-state index is 0.00889. The van der Waals surface area contributed by atoms with Gasteiger partial charge in [0.2, 0.25) is 0 Å². The Labute approximate surface area is 102 Å². The minimum Gasteiger partial charge on any atom is -0.375 e. The van der Waals surface area contributed by atoms with Crippen LogP contribution in [0.2, 0.25) is 0 Å². The standard InChI is InChI=1S/C14H18N2O/c1-16(15)10-14(17-2)13-8-7-11-5-3-4-6-12(11)9-13/h3-9,14H,10,15H2,1-2H3. The van der Waals surface area contributed by atoms with E-state index in [0.717, 1.165) is 5.56 Å². The zero-order valence-electron chi connectivity index (χ0n) is 10.3. The molecule has 0 bridgehead atoms. The highest BCUT2D eigenvalue weighted by Gasteiger charge is 2.11. The highest BCUT2D eigenvalue weighted by molar-refractivity contribution is 5.83. The van der Waals surface area contributed by atoms with Gasteiger partial charge in [-0.25, -0.2) is 5.01 Å². The molecule has 2 N–H and O–H groups in total. The molecule has 0 aliphatic carbocycles. The predicted molar refractivity (Wildman–Crippen MR) is 70.5 cm³/mol. The number of hydrogen-bond donors (Lipinski definition) is 1. The van der Waals surface area contributed by atoms with Gasteiger partial charge in [0.1, 0.15) is 0 Å². The summed E-state index contributed by atoms with van der Waals surface area (Å²) in [6.07, 6.45) is 0.00889. The number of ether oxygens (including phenoxy) is 1. The fraction of sp³-hybridized carbons (Fsp3) is 0.286. The van der Waals surface area contributed by atoms with Crippen LogP contribution in [0.4, 0.5) is 0 Å². The fourth-order valence-corrected chi connectivity index (χ4v) is 1.99. The molecule has 1 atom stereocenters. The van der Waals surface area contributed by atoms with Crippen molar-refractivity contribution in [1.82, 2.24) is 5.01 Å². The zero-order valence-corrected chi connectivity index (χ0v) is 10.3. The first-order valence-electron chi connectivity index (χ1n) is 5.68. The summed E-state index contributed by atoms with van der Waals surface area (Å²) in [6, 6.07) is 14.7. The first-order valence-corrected chi connectivity index (χ1v) is 5.68. The Morgan fingerprint density at radius 1 is 1.18 bits per heavy atom. The van der Waals surface area contributed by atoms with Crippen molar-refractivity contribution in [1.29, 1.82) is 0 Å². The first kappa shape index (κ1) is 12.0. The van der Waals surface area contributed by atoms with Crippen LogP contribution < -0.4 is 5.84 Å². The normalized spacial score (nSPS) is 13.2. The maximum Gasteiger partial charge on any atom is 0.0962 e. The summed E-state index contributed by atoms with van der Waals surface area (Å²) in [7, 11) is 3.55. The molecule has 0 spiro atoms. The van der Waals surface area contributed by atoms with Crippen LogP contribution >= 0.6 is 0 Å². The molecule has 0 saturated carbocycles. The number of methoxy groups -OCH3 is 1. The Hall–Kier alpha value is -1.42. The largest absolute Gasteiger partial charge is 0.375 e. The SMILES string of the molecule is COC(CN(C)N)c1ccc2ccccc2c1. The average molecular weight is 230 g/mol. The van der Waals surface area contributed by atoms with Crippen LogP contribution in [0.1, 0.15) is 11.7 Å². The van der Waals surface area contributed by atoms with Crippen molar-refractivity contribution in [3.63, 3.8) is 0 Å². The third kappa shape index (κ3) is 2.82. The molecule has 2 aromatic rings. The lowest BCUT2D eigenvalue weighted by molar-refractivity contribution is 0.0718. The summed E-state index contributed by atoms with van der Waals surface area (Å²) in [5.74, 6) is 5.67. The van der Waals surface area contributed by atoms with Gasteiger partial charge >= 0.3 is 0 Å². The topological polar surface area (TPSA) is 38.5 Å². The van der Waals surface area contributed by atoms with Gasteiger partial charge in [0.05, 0.1) is 6.10 Å². The molecule has 0 heterocycles. The lowest BCUT2D eigenvalue weighted by Gasteiger charge is -2.20. The van der Waals surface area contributed by atoms with Crippen LogP contribution in [-0.4, -0.2) is 25.7 Å². The first-order chi connectivity index (χ1) is 8.20. The van der Waals surface area contributed by atoms with E-state index < -0.39 is 0 Å². The van der Waals surface area contributed by atoms with Gasteiger partial charge in [0, 0.05) is 20.7 Å². The molecule has 2 rings (SSSR count). The van der Waals surface area contributed by atoms with Gasteiger partial charge in [-0.2, -0.15) is 0 Å². The smallest absolute Gasteiger partial charge is 0.0962 e. The summed E-state index contributed by atoms with van der Waals surface area (Å²) >= 11 is 0. The highest BCUT2D eigenvalue weighted by atomic mass is 16.5. The molecule has 0 aliphatic heterocycles. The number of fused-ring (bicyclic) bond motifs is 1. The molecule has 2 aromatic carbocycles. The van der Waals surface area contributed by atoms with Crippen LogP contribution in [0.15, 0.2) is 42.5 Å². The average Bonchev–Trinajstić information content (AvgIpc) is 2.35. The van der Waals surface area contributed by atoms with E-state index in [4.69, 9.17) is 10.6 Å². The highest BCUT2D eigenvalue weighted by Crippen LogP contribution is 2.22. The quantitative estimate of drug-likeness (QED) is 0.647. The summed E-state index contributed by atoms with van der Waals surface area (Å²) in [5, 5.41) is 4.11. The van der Waals surface area contributed by atoms with Crippen LogP contribution in [-0.2, 0) is 4.74 Å². The molecule has 0 aromatic heterocycles. The molecular formula is C14H18N2O. The summed E-state index contributed by atoms with van der Waals surface area (Å²) in [4.78, 5) is 0. The second-order valence-corrected chi connectivity index (χ2v) is 4.27. The minimum atomic E-state index is 0.00889. The third-order valence-electron chi connectivity index (χ3n) is 2.88. The lowest BCUT2D eigenvalue weighted by Crippen LogP contribution is -2.31. The molecule has 0 aliphatic rings. The number of hydrazine groups is 1. The molecule has 0 fully saturated rings. The van der Waals surface area contributed by atoms with Crippen LogP contribution in [0.25, 0.3) is 10.8 Å². The van der Waals surface area contributed by atoms with Crippen LogP contribution in [0.3, 0.4) is 0 Å². The maximum atomic E-state index is 5.67. The number of likely N-dealkylation sites (N-methyl/N-ethyl adjacent to an activating group) is 1. The second kappa shape index (κ2) is 5.27. The van der Waals surface area contributed by atoms with Crippen LogP contribution in [0, 0.1) is 0 Å². The third-order valence-corrected chi connectivity index (χ3v) is 2.88. The van der Waals surface area contributed by atoms with Gasteiger partial charge in [0.25, 0.3) is 0 Å². The number of hydrogen-bond acceptors (Lipinski definition) is 3. The van der Waals surface area contributed by atoms with E-state index in [2.05, 4.69) is 30.3 Å². The molecule has 0 radical (unpaired) electrons. The Balaban J connectivity index is 2.34. The van der Waals surface area contributed by atoms with Crippen LogP contribution in [0.5, 0.6) is 0 Å². The van der Waals surface area contributed by atoms with Gasteiger partial charge in [0.15, 0.2) is 0 Å². The van der Waals surface area contributed by atoms with E-state index in [9.17, 15) is 0 Å². The molecule has 1 unspecified atom stereocenters. The Morgan fingerprint density at radius 3 is 2.53 bits per heavy atom. The van der Waals surface area contributed by atoms with Crippen molar-refractivity contribution in [3.05, 3.63) is 48.0 Å². The van der Waals surface area contributed by atoms with Crippen molar-refractivity contribution in [2.45, 2.75) is 6.10 Å². The van der Waals surface area contributed by atoms with Crippen molar-refractivity contribution >= 4 is 10.8 Å². The number of rotatable bonds is 4. The fourth-order valence-electron chi connectivity index (χ4n) is 1.99. The zero-order chi connectivity index (χ0) is 12.3. The Bertz CT molecular complexity index is 496. The van der Waals surface area contributed by atoms with Gasteiger partial charge in [-0.1, -0.05) is 36.4 Å². The van der Waals surface area contributed by atoms with Gasteiger partial charge < -0.3 is 4.74 Å². The summed E-state index contributed by atoms with van der Waals surface area (Å²) < 4.78 is 5.47. The Morgan fingerprint density at radius 2 is 1.88 bits per heavy atom. The van der Waals surface area contributed by atoms with Gasteiger partial charge in [-0.15, -0.1) is 0 Å². The van der Waals surface area contributed by atoms with E-state index in [-0.39, 0.29) is 6.10 Å². The summed E-state index contributed by atoms with van der Waals surface area (Å²) in [6.45, 7) is 0.675. The lowest BCUT2D eigenvalue weighted by atomic mass is 10.0. The van der Waals surface area contributed by atoms with Gasteiger partial charge in [-0.3, -0.25) is 5.84 Å². The van der Waals surface area contributed by atoms with Gasteiger partial charge in [-0.05, 0) is 22.4 Å². The molecule has 0 saturated heterocycles. The van der Waals surface area contributed by atoms with E-state index in [1.54, 1.807) is 12.1 Å². The molecular weight excluding hydrogens is 212 g/mol. The number of nitrogens with two attached hydrogens (primary N) is 1. The van der Waals surface area contributed by atoms with Crippen molar-refractivity contribution in [3.8, 4) is 0 Å². The maximum absolute atomic E-state index is 5.67. The molecule has 0 amide bonds. The van der Waals surface area contributed by atoms with E-state index in [1.807, 2.05) is 19.2 Å². The predicted octanol–water partition coefficient (Wildman–Crippen LogP) is 2.33. The van der Waals surface area contributed by atoms with Crippen molar-refractivity contribution in [2.75, 3.05) is 20.7 Å². The molecule has 3 heteroatoms. The Kier molecular flexibility index (Phi) is 3.74. The van der Waals surface area contributed by atoms with Crippen molar-refractivity contribution in [2.24, 2.45) is 5.84 Å². The summed E-state index contributed by atoms with van der Waals surface area (Å²) in [5.41, 5.74) is 1.16.